The number of allylic oxidation sites excluding steroid dienone is 1. The predicted molar refractivity (Wildman–Crippen MR) is 172 cm³/mol. The van der Waals surface area contributed by atoms with Gasteiger partial charge < -0.3 is 34.4 Å². The Kier molecular flexibility index (Phi) is 10.7. The van der Waals surface area contributed by atoms with Gasteiger partial charge in [0.05, 0.1) is 31.2 Å². The maximum absolute atomic E-state index is 14.7. The molecule has 1 aromatic carbocycles. The molecule has 4 aliphatic rings. The van der Waals surface area contributed by atoms with Gasteiger partial charge in [-0.2, -0.15) is 0 Å². The second-order valence-corrected chi connectivity index (χ2v) is 13.6. The Morgan fingerprint density at radius 1 is 1.09 bits per heavy atom. The Morgan fingerprint density at radius 3 is 2.50 bits per heavy atom. The van der Waals surface area contributed by atoms with E-state index in [0.717, 1.165) is 12.8 Å². The molecule has 0 aromatic heterocycles. The third kappa shape index (κ3) is 6.16. The first-order chi connectivity index (χ1) is 22.1. The molecule has 1 spiro atoms. The first kappa shape index (κ1) is 34.3. The number of ether oxygens (including phenoxy) is 3. The summed E-state index contributed by atoms with van der Waals surface area (Å²) in [4.78, 5) is 59.7. The minimum absolute atomic E-state index is 0.0670. The van der Waals surface area contributed by atoms with Crippen LogP contribution in [0, 0.1) is 11.8 Å². The van der Waals surface area contributed by atoms with E-state index in [1.807, 2.05) is 44.2 Å². The molecule has 0 aliphatic carbocycles. The summed E-state index contributed by atoms with van der Waals surface area (Å²) in [7, 11) is 1.51. The van der Waals surface area contributed by atoms with E-state index >= 15 is 0 Å². The normalized spacial score (nSPS) is 33.7. The summed E-state index contributed by atoms with van der Waals surface area (Å²) >= 11 is 3.58. The van der Waals surface area contributed by atoms with E-state index in [-0.39, 0.29) is 44.0 Å². The van der Waals surface area contributed by atoms with Gasteiger partial charge in [-0.05, 0) is 38.3 Å². The zero-order valence-electron chi connectivity index (χ0n) is 26.8. The van der Waals surface area contributed by atoms with Crippen molar-refractivity contribution in [3.63, 3.8) is 0 Å². The van der Waals surface area contributed by atoms with E-state index in [1.54, 1.807) is 30.0 Å². The van der Waals surface area contributed by atoms with Crippen molar-refractivity contribution in [1.29, 1.82) is 0 Å². The minimum Gasteiger partial charge on any atom is -0.455 e. The van der Waals surface area contributed by atoms with Crippen molar-refractivity contribution in [2.75, 3.05) is 26.9 Å². The minimum atomic E-state index is -1.45. The van der Waals surface area contributed by atoms with Gasteiger partial charge in [0.15, 0.2) is 0 Å². The Labute approximate surface area is 278 Å². The van der Waals surface area contributed by atoms with Crippen LogP contribution in [0.5, 0.6) is 0 Å². The second kappa shape index (κ2) is 14.4. The standard InChI is InChI=1S/C34H44BrN3O8/c1-5-12-20(2)37-16-11-7-10-15-25(40)36-24(19-44-4)28(22-13-8-6-9-14-22)45-33(43)26-27-31(41)38(21(3)18-39)30(32(37)42)34(27)17-23(35)29(26)46-34/h6-9,11,13-14,17,20-21,24,26-30,39H,5,10,12,15-16,18-19H2,1-4H3,(H,36,40)/b11-7-/t20?,21-,24+,26-,27+,28+,29-,30-,34+/m1/s1. The lowest BCUT2D eigenvalue weighted by Gasteiger charge is -2.39. The van der Waals surface area contributed by atoms with E-state index in [9.17, 15) is 24.3 Å². The number of cyclic esters (lactones) is 1. The number of fused-ring (bicyclic) bond motifs is 2. The van der Waals surface area contributed by atoms with E-state index < -0.39 is 59.6 Å². The highest BCUT2D eigenvalue weighted by atomic mass is 79.9. The molecule has 2 fully saturated rings. The Hall–Kier alpha value is -3.06. The van der Waals surface area contributed by atoms with Gasteiger partial charge in [-0.3, -0.25) is 19.2 Å². The fraction of sp³-hybridized carbons (Fsp3) is 0.588. The maximum Gasteiger partial charge on any atom is 0.313 e. The average molecular weight is 703 g/mol. The first-order valence-corrected chi connectivity index (χ1v) is 16.9. The highest BCUT2D eigenvalue weighted by molar-refractivity contribution is 9.11. The van der Waals surface area contributed by atoms with E-state index in [4.69, 9.17) is 14.2 Å². The molecular weight excluding hydrogens is 658 g/mol. The molecule has 250 valence electrons. The molecule has 0 radical (unpaired) electrons. The monoisotopic (exact) mass is 701 g/mol. The van der Waals surface area contributed by atoms with Crippen molar-refractivity contribution in [3.05, 3.63) is 58.6 Å². The predicted octanol–water partition coefficient (Wildman–Crippen LogP) is 3.02. The Morgan fingerprint density at radius 2 is 1.83 bits per heavy atom. The molecule has 46 heavy (non-hydrogen) atoms. The number of amides is 3. The third-order valence-electron chi connectivity index (χ3n) is 9.57. The highest BCUT2D eigenvalue weighted by Crippen LogP contribution is 2.59. The highest BCUT2D eigenvalue weighted by Gasteiger charge is 2.75. The fourth-order valence-electron chi connectivity index (χ4n) is 7.40. The van der Waals surface area contributed by atoms with Crippen LogP contribution in [0.4, 0.5) is 0 Å². The van der Waals surface area contributed by atoms with Crippen LogP contribution in [0.15, 0.2) is 53.0 Å². The van der Waals surface area contributed by atoms with Crippen molar-refractivity contribution in [2.24, 2.45) is 11.8 Å². The number of nitrogens with one attached hydrogen (secondary N) is 1. The number of halogens is 1. The summed E-state index contributed by atoms with van der Waals surface area (Å²) in [5.74, 6) is -3.84. The number of esters is 1. The number of carbonyl (C=O) groups is 4. The van der Waals surface area contributed by atoms with Gasteiger partial charge in [0, 0.05) is 30.6 Å². The lowest BCUT2D eigenvalue weighted by molar-refractivity contribution is -0.163. The van der Waals surface area contributed by atoms with Gasteiger partial charge in [-0.15, -0.1) is 0 Å². The van der Waals surface area contributed by atoms with Gasteiger partial charge >= 0.3 is 5.97 Å². The summed E-state index contributed by atoms with van der Waals surface area (Å²) < 4.78 is 18.8. The SMILES string of the molecule is CCCC(C)N1C/C=C\CCC(=O)N[C@@H](COC)[C@H](c2ccccc2)OC(=O)[C@H]2[C@@H]3O[C@@]4(C=C3Br)[C@@H]2C(=O)N([C@H](C)CO)[C@@H]4C1=O. The number of carbonyl (C=O) groups excluding carboxylic acids is 4. The van der Waals surface area contributed by atoms with Crippen LogP contribution in [-0.4, -0.2) is 101 Å². The number of rotatable bonds is 8. The van der Waals surface area contributed by atoms with Crippen LogP contribution >= 0.6 is 15.9 Å². The second-order valence-electron chi connectivity index (χ2n) is 12.6. The third-order valence-corrected chi connectivity index (χ3v) is 10.2. The van der Waals surface area contributed by atoms with Crippen molar-refractivity contribution < 1.29 is 38.5 Å². The van der Waals surface area contributed by atoms with Crippen molar-refractivity contribution >= 4 is 39.6 Å². The topological polar surface area (TPSA) is 135 Å². The maximum atomic E-state index is 14.7. The molecule has 3 amide bonds. The summed E-state index contributed by atoms with van der Waals surface area (Å²) in [6.07, 6.45) is 5.89. The molecule has 5 bridgehead atoms. The van der Waals surface area contributed by atoms with Gasteiger partial charge in [-0.1, -0.05) is 71.8 Å². The summed E-state index contributed by atoms with van der Waals surface area (Å²) in [6, 6.07) is 6.36. The number of methoxy groups -OCH3 is 1. The molecular formula is C34H44BrN3O8. The number of hydrogen-bond donors (Lipinski definition) is 2. The fourth-order valence-corrected chi connectivity index (χ4v) is 8.13. The lowest BCUT2D eigenvalue weighted by Crippen LogP contribution is -2.59. The number of nitrogens with zero attached hydrogens (tertiary/aromatic N) is 2. The molecule has 2 N–H and O–H groups in total. The first-order valence-electron chi connectivity index (χ1n) is 16.1. The van der Waals surface area contributed by atoms with E-state index in [0.29, 0.717) is 16.5 Å². The quantitative estimate of drug-likeness (QED) is 0.312. The number of hydrogen-bond acceptors (Lipinski definition) is 8. The Balaban J connectivity index is 1.64. The van der Waals surface area contributed by atoms with Crippen molar-refractivity contribution in [3.8, 4) is 0 Å². The lowest BCUT2D eigenvalue weighted by atomic mass is 9.74. The van der Waals surface area contributed by atoms with Gasteiger partial charge in [0.1, 0.15) is 29.8 Å². The van der Waals surface area contributed by atoms with E-state index in [2.05, 4.69) is 21.2 Å². The van der Waals surface area contributed by atoms with Crippen molar-refractivity contribution in [2.45, 2.75) is 88.4 Å². The zero-order valence-corrected chi connectivity index (χ0v) is 28.4. The molecule has 2 saturated heterocycles. The zero-order chi connectivity index (χ0) is 33.2. The van der Waals surface area contributed by atoms with Crippen LogP contribution in [0.3, 0.4) is 0 Å². The van der Waals surface area contributed by atoms with Gasteiger partial charge in [0.2, 0.25) is 17.7 Å². The average Bonchev–Trinajstić information content (AvgIpc) is 3.64. The smallest absolute Gasteiger partial charge is 0.313 e. The molecule has 0 saturated carbocycles. The molecule has 11 nitrogen and oxygen atoms in total. The number of aliphatic hydroxyl groups excluding tert-OH is 1. The van der Waals surface area contributed by atoms with Crippen LogP contribution in [-0.2, 0) is 33.4 Å². The molecule has 1 unspecified atom stereocenters. The number of aliphatic hydroxyl groups is 1. The van der Waals surface area contributed by atoms with Crippen LogP contribution in [0.1, 0.15) is 58.1 Å². The molecule has 4 heterocycles. The van der Waals surface area contributed by atoms with Crippen LogP contribution < -0.4 is 5.32 Å². The van der Waals surface area contributed by atoms with Crippen LogP contribution in [0.2, 0.25) is 0 Å². The van der Waals surface area contributed by atoms with Gasteiger partial charge in [0.25, 0.3) is 0 Å². The molecule has 4 aliphatic heterocycles. The van der Waals surface area contributed by atoms with Gasteiger partial charge in [-0.25, -0.2) is 0 Å². The van der Waals surface area contributed by atoms with Crippen molar-refractivity contribution in [1.82, 2.24) is 15.1 Å². The molecule has 1 aromatic rings. The molecule has 9 atom stereocenters. The molecule has 12 heteroatoms. The van der Waals surface area contributed by atoms with E-state index in [1.165, 1.54) is 12.0 Å². The number of benzene rings is 1. The van der Waals surface area contributed by atoms with Crippen LogP contribution in [0.25, 0.3) is 0 Å². The summed E-state index contributed by atoms with van der Waals surface area (Å²) in [5, 5.41) is 13.2. The number of likely N-dealkylation sites (tertiary alicyclic amines) is 1. The largest absolute Gasteiger partial charge is 0.455 e. The Bertz CT molecular complexity index is 1370. The summed E-state index contributed by atoms with van der Waals surface area (Å²) in [6.45, 7) is 5.65. The molecule has 5 rings (SSSR count). The summed E-state index contributed by atoms with van der Waals surface area (Å²) in [5.41, 5.74) is -0.805.